The zero-order valence-electron chi connectivity index (χ0n) is 12.5. The molecule has 3 aromatic rings. The van der Waals surface area contributed by atoms with Gasteiger partial charge in [0, 0.05) is 16.3 Å². The van der Waals surface area contributed by atoms with Crippen LogP contribution in [0.25, 0.3) is 22.0 Å². The molecule has 1 heterocycles. The third-order valence-electron chi connectivity index (χ3n) is 3.66. The van der Waals surface area contributed by atoms with E-state index in [4.69, 9.17) is 11.6 Å². The monoisotopic (exact) mass is 347 g/mol. The number of aryl methyl sites for hydroxylation is 1. The van der Waals surface area contributed by atoms with Crippen LogP contribution in [0, 0.1) is 6.92 Å². The molecule has 118 valence electrons. The van der Waals surface area contributed by atoms with Crippen LogP contribution < -0.4 is 4.72 Å². The second-order valence-corrected chi connectivity index (χ2v) is 7.29. The summed E-state index contributed by atoms with van der Waals surface area (Å²) >= 11 is 6.09. The summed E-state index contributed by atoms with van der Waals surface area (Å²) in [6.07, 6.45) is 0. The number of nitrogens with one attached hydrogen (secondary N) is 1. The molecule has 0 saturated heterocycles. The lowest BCUT2D eigenvalue weighted by molar-refractivity contribution is 0.587. The van der Waals surface area contributed by atoms with E-state index in [9.17, 15) is 8.42 Å². The quantitative estimate of drug-likeness (QED) is 0.790. The zero-order valence-corrected chi connectivity index (χ0v) is 14.1. The first-order valence-corrected chi connectivity index (χ1v) is 8.75. The van der Waals surface area contributed by atoms with Crippen LogP contribution in [-0.2, 0) is 10.0 Å². The molecule has 0 saturated carbocycles. The van der Waals surface area contributed by atoms with Crippen molar-refractivity contribution in [2.75, 3.05) is 7.05 Å². The highest BCUT2D eigenvalue weighted by atomic mass is 35.5. The number of nitrogens with zero attached hydrogens (tertiary/aromatic N) is 2. The second-order valence-electron chi connectivity index (χ2n) is 5.07. The van der Waals surface area contributed by atoms with E-state index in [2.05, 4.69) is 14.9 Å². The Morgan fingerprint density at radius 3 is 2.43 bits per heavy atom. The molecule has 23 heavy (non-hydrogen) atoms. The highest BCUT2D eigenvalue weighted by Crippen LogP contribution is 2.31. The highest BCUT2D eigenvalue weighted by molar-refractivity contribution is 7.89. The molecule has 0 aliphatic heterocycles. The maximum atomic E-state index is 12.2. The van der Waals surface area contributed by atoms with Gasteiger partial charge in [0.25, 0.3) is 0 Å². The average Bonchev–Trinajstić information content (AvgIpc) is 2.56. The van der Waals surface area contributed by atoms with E-state index in [0.29, 0.717) is 22.0 Å². The van der Waals surface area contributed by atoms with Crippen molar-refractivity contribution in [3.8, 4) is 11.3 Å². The van der Waals surface area contributed by atoms with Gasteiger partial charge in [-0.05, 0) is 25.6 Å². The van der Waals surface area contributed by atoms with E-state index in [1.165, 1.54) is 7.05 Å². The van der Waals surface area contributed by atoms with Gasteiger partial charge in [0.05, 0.1) is 4.90 Å². The number of fused-ring (bicyclic) bond motifs is 1. The molecule has 0 unspecified atom stereocenters. The minimum absolute atomic E-state index is 0.221. The number of benzene rings is 2. The fraction of sp³-hybridized carbons (Fsp3) is 0.125. The first-order valence-electron chi connectivity index (χ1n) is 6.89. The van der Waals surface area contributed by atoms with Gasteiger partial charge in [0.2, 0.25) is 10.0 Å². The van der Waals surface area contributed by atoms with Crippen LogP contribution in [0.5, 0.6) is 0 Å². The molecule has 3 rings (SSSR count). The summed E-state index contributed by atoms with van der Waals surface area (Å²) in [6, 6.07) is 12.7. The van der Waals surface area contributed by atoms with Crippen molar-refractivity contribution in [1.29, 1.82) is 0 Å². The molecule has 0 aliphatic carbocycles. The van der Waals surface area contributed by atoms with E-state index in [1.54, 1.807) is 19.1 Å². The Kier molecular flexibility index (Phi) is 4.06. The number of rotatable bonds is 3. The van der Waals surface area contributed by atoms with Crippen molar-refractivity contribution in [2.24, 2.45) is 0 Å². The van der Waals surface area contributed by atoms with E-state index < -0.39 is 10.0 Å². The van der Waals surface area contributed by atoms with Crippen LogP contribution in [0.3, 0.4) is 0 Å². The lowest BCUT2D eigenvalue weighted by Gasteiger charge is -2.10. The number of hydrogen-bond acceptors (Lipinski definition) is 4. The third kappa shape index (κ3) is 2.81. The van der Waals surface area contributed by atoms with Crippen LogP contribution >= 0.6 is 11.6 Å². The van der Waals surface area contributed by atoms with Crippen molar-refractivity contribution < 1.29 is 8.42 Å². The number of halogens is 1. The fourth-order valence-electron chi connectivity index (χ4n) is 2.43. The van der Waals surface area contributed by atoms with Gasteiger partial charge in [-0.25, -0.2) is 13.1 Å². The van der Waals surface area contributed by atoms with Gasteiger partial charge >= 0.3 is 0 Å². The van der Waals surface area contributed by atoms with Crippen LogP contribution in [-0.4, -0.2) is 25.7 Å². The first kappa shape index (κ1) is 15.9. The van der Waals surface area contributed by atoms with Crippen molar-refractivity contribution in [3.05, 3.63) is 53.2 Å². The molecule has 7 heteroatoms. The summed E-state index contributed by atoms with van der Waals surface area (Å²) in [5, 5.41) is 10.0. The van der Waals surface area contributed by atoms with Gasteiger partial charge in [-0.3, -0.25) is 0 Å². The lowest BCUT2D eigenvalue weighted by atomic mass is 10.0. The van der Waals surface area contributed by atoms with E-state index in [-0.39, 0.29) is 4.90 Å². The molecule has 2 aromatic carbocycles. The smallest absolute Gasteiger partial charge is 0.214 e. The van der Waals surface area contributed by atoms with Gasteiger partial charge in [-0.2, -0.15) is 0 Å². The normalized spacial score (nSPS) is 11.8. The van der Waals surface area contributed by atoms with Crippen LogP contribution in [0.1, 0.15) is 5.56 Å². The van der Waals surface area contributed by atoms with Crippen LogP contribution in [0.2, 0.25) is 5.15 Å². The van der Waals surface area contributed by atoms with Crippen molar-refractivity contribution in [3.63, 3.8) is 0 Å². The van der Waals surface area contributed by atoms with Gasteiger partial charge < -0.3 is 0 Å². The van der Waals surface area contributed by atoms with Gasteiger partial charge in [-0.15, -0.1) is 10.2 Å². The minimum Gasteiger partial charge on any atom is -0.214 e. The van der Waals surface area contributed by atoms with Crippen molar-refractivity contribution in [2.45, 2.75) is 11.8 Å². The first-order chi connectivity index (χ1) is 10.9. The Hall–Kier alpha value is -2.02. The van der Waals surface area contributed by atoms with E-state index >= 15 is 0 Å². The molecule has 1 aromatic heterocycles. The standard InChI is InChI=1S/C16H14ClN3O2S/c1-10-7-8-11(9-14(10)23(21,22)18-2)15-12-5-3-4-6-13(12)16(17)20-19-15/h3-9,18H,1-2H3. The SMILES string of the molecule is CNS(=O)(=O)c1cc(-c2nnc(Cl)c3ccccc23)ccc1C. The Morgan fingerprint density at radius 1 is 1.04 bits per heavy atom. The predicted octanol–water partition coefficient (Wildman–Crippen LogP) is 3.17. The van der Waals surface area contributed by atoms with Crippen LogP contribution in [0.4, 0.5) is 0 Å². The average molecular weight is 348 g/mol. The molecular formula is C16H14ClN3O2S. The summed E-state index contributed by atoms with van der Waals surface area (Å²) in [5.41, 5.74) is 1.93. The maximum absolute atomic E-state index is 12.2. The summed E-state index contributed by atoms with van der Waals surface area (Å²) in [5.74, 6) is 0. The Bertz CT molecular complexity index is 1000. The maximum Gasteiger partial charge on any atom is 0.240 e. The molecule has 0 radical (unpaired) electrons. The van der Waals surface area contributed by atoms with Gasteiger partial charge in [0.15, 0.2) is 5.15 Å². The Balaban J connectivity index is 2.29. The summed E-state index contributed by atoms with van der Waals surface area (Å²) in [7, 11) is -2.16. The number of aromatic nitrogens is 2. The number of sulfonamides is 1. The lowest BCUT2D eigenvalue weighted by Crippen LogP contribution is -2.19. The molecule has 0 amide bonds. The molecule has 0 bridgehead atoms. The third-order valence-corrected chi connectivity index (χ3v) is 5.50. The van der Waals surface area contributed by atoms with Crippen molar-refractivity contribution >= 4 is 32.4 Å². The largest absolute Gasteiger partial charge is 0.240 e. The minimum atomic E-state index is -3.55. The molecule has 5 nitrogen and oxygen atoms in total. The summed E-state index contributed by atoms with van der Waals surface area (Å²) in [4.78, 5) is 0.221. The topological polar surface area (TPSA) is 72.0 Å². The van der Waals surface area contributed by atoms with E-state index in [1.807, 2.05) is 30.3 Å². The summed E-state index contributed by atoms with van der Waals surface area (Å²) in [6.45, 7) is 1.75. The van der Waals surface area contributed by atoms with Gasteiger partial charge in [0.1, 0.15) is 5.69 Å². The highest BCUT2D eigenvalue weighted by Gasteiger charge is 2.17. The molecule has 0 spiro atoms. The Labute approximate surface area is 139 Å². The van der Waals surface area contributed by atoms with Crippen molar-refractivity contribution in [1.82, 2.24) is 14.9 Å². The van der Waals surface area contributed by atoms with E-state index in [0.717, 1.165) is 10.8 Å². The Morgan fingerprint density at radius 2 is 1.74 bits per heavy atom. The van der Waals surface area contributed by atoms with Gasteiger partial charge in [-0.1, -0.05) is 48.0 Å². The molecule has 0 aliphatic rings. The molecule has 0 fully saturated rings. The molecular weight excluding hydrogens is 334 g/mol. The van der Waals surface area contributed by atoms with Crippen LogP contribution in [0.15, 0.2) is 47.4 Å². The number of hydrogen-bond donors (Lipinski definition) is 1. The molecule has 1 N–H and O–H groups in total. The zero-order chi connectivity index (χ0) is 16.6. The molecule has 0 atom stereocenters. The fourth-order valence-corrected chi connectivity index (χ4v) is 3.63. The predicted molar refractivity (Wildman–Crippen MR) is 91.0 cm³/mol. The second kappa shape index (κ2) is 5.88. The summed E-state index contributed by atoms with van der Waals surface area (Å²) < 4.78 is 26.6.